The van der Waals surface area contributed by atoms with E-state index >= 15 is 0 Å². The summed E-state index contributed by atoms with van der Waals surface area (Å²) in [7, 11) is 0. The first-order valence-corrected chi connectivity index (χ1v) is 7.72. The van der Waals surface area contributed by atoms with Crippen LogP contribution in [0.3, 0.4) is 0 Å². The van der Waals surface area contributed by atoms with Gasteiger partial charge < -0.3 is 5.32 Å². The third-order valence-corrected chi connectivity index (χ3v) is 4.10. The molecule has 1 amide bonds. The molecule has 1 fully saturated rings. The molecule has 128 valence electrons. The van der Waals surface area contributed by atoms with E-state index in [2.05, 4.69) is 5.32 Å². The molecule has 0 saturated carbocycles. The van der Waals surface area contributed by atoms with Crippen molar-refractivity contribution in [2.75, 3.05) is 38.0 Å². The molecule has 1 aliphatic rings. The molecule has 1 heterocycles. The van der Waals surface area contributed by atoms with Crippen molar-refractivity contribution in [2.45, 2.75) is 19.1 Å². The Kier molecular flexibility index (Phi) is 5.89. The van der Waals surface area contributed by atoms with E-state index in [4.69, 9.17) is 11.6 Å². The lowest BCUT2D eigenvalue weighted by Crippen LogP contribution is -2.54. The van der Waals surface area contributed by atoms with E-state index < -0.39 is 18.8 Å². The summed E-state index contributed by atoms with van der Waals surface area (Å²) in [6.45, 7) is 2.34. The van der Waals surface area contributed by atoms with Gasteiger partial charge in [-0.3, -0.25) is 14.6 Å². The van der Waals surface area contributed by atoms with Crippen LogP contribution >= 0.6 is 11.6 Å². The Labute approximate surface area is 138 Å². The monoisotopic (exact) mass is 349 g/mol. The first-order chi connectivity index (χ1) is 10.7. The van der Waals surface area contributed by atoms with Crippen molar-refractivity contribution in [3.63, 3.8) is 0 Å². The maximum atomic E-state index is 12.4. The molecule has 0 aromatic heterocycles. The second-order valence-corrected chi connectivity index (χ2v) is 6.04. The second kappa shape index (κ2) is 7.51. The first kappa shape index (κ1) is 18.0. The van der Waals surface area contributed by atoms with E-state index in [1.54, 1.807) is 31.2 Å². The van der Waals surface area contributed by atoms with Crippen LogP contribution in [0.5, 0.6) is 0 Å². The smallest absolute Gasteiger partial charge is 0.325 e. The van der Waals surface area contributed by atoms with Gasteiger partial charge in [-0.25, -0.2) is 0 Å². The zero-order chi connectivity index (χ0) is 17.0. The van der Waals surface area contributed by atoms with Crippen molar-refractivity contribution in [3.05, 3.63) is 29.3 Å². The fourth-order valence-electron chi connectivity index (χ4n) is 2.51. The van der Waals surface area contributed by atoms with Crippen LogP contribution < -0.4 is 5.32 Å². The second-order valence-electron chi connectivity index (χ2n) is 5.60. The summed E-state index contributed by atoms with van der Waals surface area (Å²) in [5.41, 5.74) is 0.641. The van der Waals surface area contributed by atoms with Gasteiger partial charge in [0, 0.05) is 36.9 Å². The number of hydrogen-bond donors (Lipinski definition) is 1. The molecule has 0 unspecified atom stereocenters. The van der Waals surface area contributed by atoms with Crippen LogP contribution in [0.4, 0.5) is 18.9 Å². The van der Waals surface area contributed by atoms with Crippen LogP contribution in [0.1, 0.15) is 6.92 Å². The molecular formula is C15H19ClF3N3O. The lowest BCUT2D eigenvalue weighted by atomic mass is 10.2. The number of alkyl halides is 3. The number of anilines is 1. The van der Waals surface area contributed by atoms with Gasteiger partial charge in [0.15, 0.2) is 0 Å². The van der Waals surface area contributed by atoms with Gasteiger partial charge in [0.2, 0.25) is 5.91 Å². The molecule has 4 nitrogen and oxygen atoms in total. The molecule has 0 radical (unpaired) electrons. The minimum absolute atomic E-state index is 0.184. The Morgan fingerprint density at radius 3 is 2.30 bits per heavy atom. The van der Waals surface area contributed by atoms with Gasteiger partial charge in [-0.1, -0.05) is 11.6 Å². The molecule has 0 bridgehead atoms. The summed E-state index contributed by atoms with van der Waals surface area (Å²) >= 11 is 5.79. The normalized spacial score (nSPS) is 18.7. The molecule has 8 heteroatoms. The van der Waals surface area contributed by atoms with E-state index in [1.165, 1.54) is 4.90 Å². The first-order valence-electron chi connectivity index (χ1n) is 7.34. The number of piperazine rings is 1. The molecule has 1 saturated heterocycles. The van der Waals surface area contributed by atoms with Crippen LogP contribution in [0.15, 0.2) is 24.3 Å². The van der Waals surface area contributed by atoms with Crippen LogP contribution in [0, 0.1) is 0 Å². The standard InChI is InChI=1S/C15H19ClF3N3O/c1-11(14(23)20-13-4-2-12(16)3-5-13)22-8-6-21(7-9-22)10-15(17,18)19/h2-5,11H,6-10H2,1H3,(H,20,23)/t11-/m0/s1. The molecule has 2 rings (SSSR count). The predicted octanol–water partition coefficient (Wildman–Crippen LogP) is 2.85. The predicted molar refractivity (Wildman–Crippen MR) is 83.6 cm³/mol. The van der Waals surface area contributed by atoms with Crippen molar-refractivity contribution < 1.29 is 18.0 Å². The Balaban J connectivity index is 1.83. The van der Waals surface area contributed by atoms with E-state index in [9.17, 15) is 18.0 Å². The van der Waals surface area contributed by atoms with Crippen molar-refractivity contribution in [1.29, 1.82) is 0 Å². The highest BCUT2D eigenvalue weighted by molar-refractivity contribution is 6.30. The summed E-state index contributed by atoms with van der Waals surface area (Å²) < 4.78 is 37.1. The van der Waals surface area contributed by atoms with Crippen molar-refractivity contribution in [3.8, 4) is 0 Å². The maximum absolute atomic E-state index is 12.4. The average Bonchev–Trinajstić information content (AvgIpc) is 2.48. The van der Waals surface area contributed by atoms with Gasteiger partial charge in [0.05, 0.1) is 12.6 Å². The summed E-state index contributed by atoms with van der Waals surface area (Å²) in [5.74, 6) is -0.184. The fraction of sp³-hybridized carbons (Fsp3) is 0.533. The molecule has 1 aromatic rings. The molecule has 1 atom stereocenters. The number of hydrogen-bond acceptors (Lipinski definition) is 3. The van der Waals surface area contributed by atoms with Crippen LogP contribution in [0.2, 0.25) is 5.02 Å². The largest absolute Gasteiger partial charge is 0.401 e. The quantitative estimate of drug-likeness (QED) is 0.908. The summed E-state index contributed by atoms with van der Waals surface area (Å²) in [6, 6.07) is 6.36. The lowest BCUT2D eigenvalue weighted by molar-refractivity contribution is -0.150. The third-order valence-electron chi connectivity index (χ3n) is 3.85. The van der Waals surface area contributed by atoms with Gasteiger partial charge in [-0.15, -0.1) is 0 Å². The summed E-state index contributed by atoms with van der Waals surface area (Å²) in [4.78, 5) is 15.5. The van der Waals surface area contributed by atoms with Crippen molar-refractivity contribution in [1.82, 2.24) is 9.80 Å². The van der Waals surface area contributed by atoms with Gasteiger partial charge in [0.1, 0.15) is 0 Å². The van der Waals surface area contributed by atoms with Crippen LogP contribution in [-0.2, 0) is 4.79 Å². The Bertz CT molecular complexity index is 528. The number of carbonyl (C=O) groups is 1. The maximum Gasteiger partial charge on any atom is 0.401 e. The average molecular weight is 350 g/mol. The van der Waals surface area contributed by atoms with E-state index in [1.807, 2.05) is 4.90 Å². The number of nitrogens with zero attached hydrogens (tertiary/aromatic N) is 2. The minimum atomic E-state index is -4.18. The minimum Gasteiger partial charge on any atom is -0.325 e. The van der Waals surface area contributed by atoms with E-state index in [-0.39, 0.29) is 5.91 Å². The number of benzene rings is 1. The van der Waals surface area contributed by atoms with Crippen LogP contribution in [0.25, 0.3) is 0 Å². The zero-order valence-electron chi connectivity index (χ0n) is 12.7. The zero-order valence-corrected chi connectivity index (χ0v) is 13.5. The molecule has 0 spiro atoms. The van der Waals surface area contributed by atoms with Gasteiger partial charge in [0.25, 0.3) is 0 Å². The highest BCUT2D eigenvalue weighted by Crippen LogP contribution is 2.18. The Morgan fingerprint density at radius 1 is 1.22 bits per heavy atom. The van der Waals surface area contributed by atoms with Gasteiger partial charge in [-0.05, 0) is 31.2 Å². The van der Waals surface area contributed by atoms with Gasteiger partial charge in [-0.2, -0.15) is 13.2 Å². The highest BCUT2D eigenvalue weighted by Gasteiger charge is 2.33. The lowest BCUT2D eigenvalue weighted by Gasteiger charge is -2.37. The van der Waals surface area contributed by atoms with Crippen molar-refractivity contribution in [2.24, 2.45) is 0 Å². The number of amides is 1. The molecule has 1 aromatic carbocycles. The fourth-order valence-corrected chi connectivity index (χ4v) is 2.63. The summed E-state index contributed by atoms with van der Waals surface area (Å²) in [6.07, 6.45) is -4.18. The Hall–Kier alpha value is -1.31. The van der Waals surface area contributed by atoms with E-state index in [0.717, 1.165) is 0 Å². The van der Waals surface area contributed by atoms with E-state index in [0.29, 0.717) is 36.9 Å². The SMILES string of the molecule is C[C@@H](C(=O)Nc1ccc(Cl)cc1)N1CCN(CC(F)(F)F)CC1. The number of nitrogens with one attached hydrogen (secondary N) is 1. The van der Waals surface area contributed by atoms with Crippen LogP contribution in [-0.4, -0.2) is 60.6 Å². The number of halogens is 4. The highest BCUT2D eigenvalue weighted by atomic mass is 35.5. The molecule has 1 N–H and O–H groups in total. The Morgan fingerprint density at radius 2 is 1.78 bits per heavy atom. The van der Waals surface area contributed by atoms with Gasteiger partial charge >= 0.3 is 6.18 Å². The number of rotatable bonds is 4. The molecule has 0 aliphatic carbocycles. The molecule has 23 heavy (non-hydrogen) atoms. The number of carbonyl (C=O) groups excluding carboxylic acids is 1. The summed E-state index contributed by atoms with van der Waals surface area (Å²) in [5, 5.41) is 3.36. The molecular weight excluding hydrogens is 331 g/mol. The van der Waals surface area contributed by atoms with Crippen molar-refractivity contribution >= 4 is 23.2 Å². The topological polar surface area (TPSA) is 35.6 Å². The third kappa shape index (κ3) is 5.67. The molecule has 1 aliphatic heterocycles.